The maximum Gasteiger partial charge on any atom is 0.135 e. The van der Waals surface area contributed by atoms with E-state index in [1.165, 1.54) is 88.3 Å². The summed E-state index contributed by atoms with van der Waals surface area (Å²) in [4.78, 5) is 0. The highest BCUT2D eigenvalue weighted by Crippen LogP contribution is 2.52. The third-order valence-electron chi connectivity index (χ3n) is 11.4. The molecule has 0 atom stereocenters. The van der Waals surface area contributed by atoms with Crippen LogP contribution in [0.15, 0.2) is 174 Å². The van der Waals surface area contributed by atoms with E-state index in [1.54, 1.807) is 0 Å². The smallest absolute Gasteiger partial charge is 0.135 e. The maximum absolute atomic E-state index is 5.65. The normalized spacial score (nSPS) is 11.9. The molecule has 0 fully saturated rings. The lowest BCUT2D eigenvalue weighted by Gasteiger charge is -2.22. The van der Waals surface area contributed by atoms with Crippen LogP contribution >= 0.6 is 0 Å². The highest BCUT2D eigenvalue weighted by molar-refractivity contribution is 6.05. The number of rotatable bonds is 2. The molecular formula is C60H64O. The molecule has 0 radical (unpaired) electrons. The van der Waals surface area contributed by atoms with E-state index >= 15 is 0 Å². The van der Waals surface area contributed by atoms with Crippen LogP contribution in [0, 0.1) is 40.5 Å². The summed E-state index contributed by atoms with van der Waals surface area (Å²) in [6.07, 6.45) is 1.09. The molecule has 0 saturated heterocycles. The van der Waals surface area contributed by atoms with Gasteiger partial charge in [-0.05, 0) is 120 Å². The van der Waals surface area contributed by atoms with Gasteiger partial charge >= 0.3 is 0 Å². The predicted octanol–water partition coefficient (Wildman–Crippen LogP) is 17.5. The standard InChI is InChI=1S/C21H20.C15H16.C12H8O.C8H10.C4H10/c1-13-9-10-17-18(11-13)21(3,4)19-12-14(2)15-7-5-6-8-16(15)20(17)19;1-3-13-9-5-7-11-15(13)14-10-6-4-8-12(14)2;1-3-7-11-9(5-1)10-6-2-4-8-12(10)13-11;1-7-3-5-8(2)6-4-7;1-4(2)3/h5-12H,1-4H3;4-11H,3H2,1-2H3;1-8H;3-6H,1-2H3;4H,1-3H3. The first-order chi connectivity index (χ1) is 29.3. The third-order valence-corrected chi connectivity index (χ3v) is 11.4. The molecule has 0 aliphatic heterocycles. The Kier molecular flexibility index (Phi) is 14.5. The van der Waals surface area contributed by atoms with Crippen molar-refractivity contribution in [1.29, 1.82) is 0 Å². The van der Waals surface area contributed by atoms with E-state index in [1.807, 2.05) is 36.4 Å². The number of hydrogen-bond acceptors (Lipinski definition) is 1. The van der Waals surface area contributed by atoms with Gasteiger partial charge in [0.2, 0.25) is 0 Å². The number of para-hydroxylation sites is 2. The molecule has 0 spiro atoms. The Hall–Kier alpha value is -6.18. The van der Waals surface area contributed by atoms with Gasteiger partial charge in [-0.3, -0.25) is 0 Å². The van der Waals surface area contributed by atoms with Crippen LogP contribution in [0.25, 0.3) is 55.0 Å². The predicted molar refractivity (Wildman–Crippen MR) is 267 cm³/mol. The summed E-state index contributed by atoms with van der Waals surface area (Å²) in [5.74, 6) is 0.833. The Morgan fingerprint density at radius 2 is 0.885 bits per heavy atom. The van der Waals surface area contributed by atoms with E-state index < -0.39 is 0 Å². The molecule has 0 unspecified atom stereocenters. The minimum Gasteiger partial charge on any atom is -0.456 e. The summed E-state index contributed by atoms with van der Waals surface area (Å²) in [6, 6.07) is 60.0. The SMILES string of the molecule is CC(C)C.CCc1ccccc1-c1ccccc1C.Cc1ccc(C)cc1.Cc1ccc2c(c1)C(C)(C)c1cc(C)c3ccccc3c1-2.c1ccc2c(c1)oc1ccccc12. The van der Waals surface area contributed by atoms with Gasteiger partial charge in [-0.15, -0.1) is 0 Å². The molecule has 0 N–H and O–H groups in total. The minimum atomic E-state index is 0.0888. The largest absolute Gasteiger partial charge is 0.456 e. The van der Waals surface area contributed by atoms with Gasteiger partial charge in [0.25, 0.3) is 0 Å². The zero-order chi connectivity index (χ0) is 43.7. The number of furan rings is 1. The number of benzene rings is 8. The van der Waals surface area contributed by atoms with Crippen LogP contribution in [0.2, 0.25) is 0 Å². The molecule has 0 saturated carbocycles. The van der Waals surface area contributed by atoms with Gasteiger partial charge in [-0.25, -0.2) is 0 Å². The molecule has 0 bridgehead atoms. The lowest BCUT2D eigenvalue weighted by atomic mass is 9.81. The van der Waals surface area contributed by atoms with Crippen LogP contribution in [0.4, 0.5) is 0 Å². The van der Waals surface area contributed by atoms with Crippen molar-refractivity contribution in [2.75, 3.05) is 0 Å². The minimum absolute atomic E-state index is 0.0888. The van der Waals surface area contributed by atoms with Gasteiger partial charge < -0.3 is 4.42 Å². The van der Waals surface area contributed by atoms with Gasteiger partial charge in [0.15, 0.2) is 0 Å². The summed E-state index contributed by atoms with van der Waals surface area (Å²) in [6.45, 7) is 24.2. The number of aryl methyl sites for hydroxylation is 6. The van der Waals surface area contributed by atoms with E-state index in [4.69, 9.17) is 4.42 Å². The lowest BCUT2D eigenvalue weighted by molar-refractivity contribution is 0.659. The summed E-state index contributed by atoms with van der Waals surface area (Å²) in [5, 5.41) is 5.15. The molecule has 1 aliphatic rings. The summed E-state index contributed by atoms with van der Waals surface area (Å²) in [5.41, 5.74) is 18.7. The highest BCUT2D eigenvalue weighted by Gasteiger charge is 2.36. The monoisotopic (exact) mass is 800 g/mol. The van der Waals surface area contributed by atoms with Crippen LogP contribution in [0.5, 0.6) is 0 Å². The molecule has 8 aromatic carbocycles. The van der Waals surface area contributed by atoms with Gasteiger partial charge in [0, 0.05) is 16.2 Å². The molecule has 310 valence electrons. The Morgan fingerprint density at radius 3 is 1.44 bits per heavy atom. The highest BCUT2D eigenvalue weighted by atomic mass is 16.3. The molecule has 10 rings (SSSR count). The second-order valence-electron chi connectivity index (χ2n) is 17.6. The molecule has 61 heavy (non-hydrogen) atoms. The summed E-state index contributed by atoms with van der Waals surface area (Å²) >= 11 is 0. The number of fused-ring (bicyclic) bond motifs is 8. The Bertz CT molecular complexity index is 2770. The van der Waals surface area contributed by atoms with Crippen LogP contribution in [0.3, 0.4) is 0 Å². The van der Waals surface area contributed by atoms with Crippen LogP contribution in [-0.4, -0.2) is 0 Å². The first-order valence-corrected chi connectivity index (χ1v) is 22.0. The lowest BCUT2D eigenvalue weighted by Crippen LogP contribution is -2.15. The van der Waals surface area contributed by atoms with Gasteiger partial charge in [-0.2, -0.15) is 0 Å². The molecule has 1 nitrogen and oxygen atoms in total. The zero-order valence-corrected chi connectivity index (χ0v) is 38.4. The van der Waals surface area contributed by atoms with Crippen molar-refractivity contribution >= 4 is 32.7 Å². The van der Waals surface area contributed by atoms with Gasteiger partial charge in [0.05, 0.1) is 0 Å². The average Bonchev–Trinajstić information content (AvgIpc) is 3.74. The quantitative estimate of drug-likeness (QED) is 0.170. The fourth-order valence-corrected chi connectivity index (χ4v) is 8.16. The van der Waals surface area contributed by atoms with Crippen molar-refractivity contribution in [2.24, 2.45) is 5.92 Å². The second kappa shape index (κ2) is 19.9. The fraction of sp³-hybridized carbons (Fsp3) is 0.233. The van der Waals surface area contributed by atoms with E-state index in [0.29, 0.717) is 0 Å². The van der Waals surface area contributed by atoms with E-state index in [0.717, 1.165) is 23.5 Å². The maximum atomic E-state index is 5.65. The Morgan fingerprint density at radius 1 is 0.426 bits per heavy atom. The third kappa shape index (κ3) is 10.4. The Labute approximate surface area is 366 Å². The number of hydrogen-bond donors (Lipinski definition) is 0. The molecule has 1 heterocycles. The van der Waals surface area contributed by atoms with Crippen LogP contribution < -0.4 is 0 Å². The van der Waals surface area contributed by atoms with E-state index in [9.17, 15) is 0 Å². The first kappa shape index (κ1) is 44.4. The fourth-order valence-electron chi connectivity index (χ4n) is 8.16. The van der Waals surface area contributed by atoms with Gasteiger partial charge in [-0.1, -0.05) is 216 Å². The molecule has 1 heteroatoms. The van der Waals surface area contributed by atoms with Gasteiger partial charge in [0.1, 0.15) is 11.2 Å². The molecule has 9 aromatic rings. The van der Waals surface area contributed by atoms with Crippen molar-refractivity contribution in [3.8, 4) is 22.3 Å². The molecule has 0 amide bonds. The molecule has 1 aromatic heterocycles. The van der Waals surface area contributed by atoms with Crippen molar-refractivity contribution in [2.45, 2.75) is 88.0 Å². The second-order valence-corrected chi connectivity index (χ2v) is 17.6. The zero-order valence-electron chi connectivity index (χ0n) is 38.4. The summed E-state index contributed by atoms with van der Waals surface area (Å²) in [7, 11) is 0. The average molecular weight is 801 g/mol. The van der Waals surface area contributed by atoms with Crippen molar-refractivity contribution in [1.82, 2.24) is 0 Å². The Balaban J connectivity index is 0.000000138. The molecular weight excluding hydrogens is 737 g/mol. The van der Waals surface area contributed by atoms with Crippen molar-refractivity contribution in [3.63, 3.8) is 0 Å². The summed E-state index contributed by atoms with van der Waals surface area (Å²) < 4.78 is 5.65. The van der Waals surface area contributed by atoms with Crippen molar-refractivity contribution in [3.05, 3.63) is 214 Å². The first-order valence-electron chi connectivity index (χ1n) is 22.0. The van der Waals surface area contributed by atoms with E-state index in [2.05, 4.69) is 210 Å². The molecule has 1 aliphatic carbocycles. The van der Waals surface area contributed by atoms with Crippen molar-refractivity contribution < 1.29 is 4.42 Å². The topological polar surface area (TPSA) is 13.1 Å². The van der Waals surface area contributed by atoms with Crippen LogP contribution in [-0.2, 0) is 11.8 Å². The van der Waals surface area contributed by atoms with Crippen LogP contribution in [0.1, 0.15) is 86.1 Å². The van der Waals surface area contributed by atoms with E-state index in [-0.39, 0.29) is 5.41 Å².